The van der Waals surface area contributed by atoms with Crippen LogP contribution in [-0.4, -0.2) is 23.1 Å². The lowest BCUT2D eigenvalue weighted by Crippen LogP contribution is -2.46. The van der Waals surface area contributed by atoms with Gasteiger partial charge in [-0.15, -0.1) is 11.3 Å². The summed E-state index contributed by atoms with van der Waals surface area (Å²) in [5.41, 5.74) is 5.79. The highest BCUT2D eigenvalue weighted by molar-refractivity contribution is 7.80. The Morgan fingerprint density at radius 2 is 2.33 bits per heavy atom. The second-order valence-electron chi connectivity index (χ2n) is 2.79. The number of carbonyl (C=O) groups excluding carboxylic acids is 1. The van der Waals surface area contributed by atoms with E-state index in [0.29, 0.717) is 5.11 Å². The number of rotatable bonds is 2. The third kappa shape index (κ3) is 4.22. The van der Waals surface area contributed by atoms with Crippen LogP contribution in [0.1, 0.15) is 10.7 Å². The molecule has 1 rings (SSSR count). The van der Waals surface area contributed by atoms with Crippen LogP contribution < -0.4 is 16.2 Å². The lowest BCUT2D eigenvalue weighted by atomic mass is 10.3. The Hall–Kier alpha value is -1.21. The summed E-state index contributed by atoms with van der Waals surface area (Å²) in [6.45, 7) is 1.90. The standard InChI is InChI=1S/C8H12N4OS2/c1-5-10-6(4-15-5)3-7(13)11-12-8(14)9-2/h4H,3H2,1-2H3,(H,11,13)(H2,9,12,14). The maximum Gasteiger partial charge on any atom is 0.244 e. The fraction of sp³-hybridized carbons (Fsp3) is 0.375. The molecule has 0 fully saturated rings. The molecule has 0 saturated carbocycles. The molecule has 7 heteroatoms. The lowest BCUT2D eigenvalue weighted by molar-refractivity contribution is -0.121. The van der Waals surface area contributed by atoms with Crippen LogP contribution in [0.5, 0.6) is 0 Å². The van der Waals surface area contributed by atoms with Crippen LogP contribution in [0.4, 0.5) is 0 Å². The number of hydrogen-bond donors (Lipinski definition) is 3. The number of hydrazine groups is 1. The predicted octanol–water partition coefficient (Wildman–Crippen LogP) is 0.119. The largest absolute Gasteiger partial charge is 0.364 e. The molecule has 0 aromatic carbocycles. The van der Waals surface area contributed by atoms with Crippen molar-refractivity contribution in [2.45, 2.75) is 13.3 Å². The SMILES string of the molecule is CNC(=S)NNC(=O)Cc1csc(C)n1. The Labute approximate surface area is 97.3 Å². The fourth-order valence-electron chi connectivity index (χ4n) is 0.887. The molecule has 5 nitrogen and oxygen atoms in total. The second-order valence-corrected chi connectivity index (χ2v) is 4.26. The monoisotopic (exact) mass is 244 g/mol. The summed E-state index contributed by atoms with van der Waals surface area (Å²) in [5, 5.41) is 5.87. The summed E-state index contributed by atoms with van der Waals surface area (Å²) in [6, 6.07) is 0. The first-order chi connectivity index (χ1) is 7.11. The number of nitrogens with zero attached hydrogens (tertiary/aromatic N) is 1. The fourth-order valence-corrected chi connectivity index (χ4v) is 1.55. The number of amides is 1. The van der Waals surface area contributed by atoms with Crippen LogP contribution >= 0.6 is 23.6 Å². The number of thiazole rings is 1. The number of nitrogens with one attached hydrogen (secondary N) is 3. The Morgan fingerprint density at radius 3 is 2.87 bits per heavy atom. The number of thiocarbonyl (C=S) groups is 1. The Morgan fingerprint density at radius 1 is 1.60 bits per heavy atom. The van der Waals surface area contributed by atoms with Gasteiger partial charge in [0.05, 0.1) is 17.1 Å². The predicted molar refractivity (Wildman–Crippen MR) is 63.5 cm³/mol. The maximum absolute atomic E-state index is 11.3. The minimum absolute atomic E-state index is 0.169. The van der Waals surface area contributed by atoms with Crippen molar-refractivity contribution in [3.63, 3.8) is 0 Å². The average molecular weight is 244 g/mol. The van der Waals surface area contributed by atoms with E-state index in [1.807, 2.05) is 12.3 Å². The molecule has 1 amide bonds. The van der Waals surface area contributed by atoms with Crippen molar-refractivity contribution in [2.75, 3.05) is 7.05 Å². The lowest BCUT2D eigenvalue weighted by Gasteiger charge is -2.07. The summed E-state index contributed by atoms with van der Waals surface area (Å²) in [5.74, 6) is -0.169. The maximum atomic E-state index is 11.3. The minimum atomic E-state index is -0.169. The molecule has 0 spiro atoms. The zero-order valence-corrected chi connectivity index (χ0v) is 10.1. The summed E-state index contributed by atoms with van der Waals surface area (Å²) < 4.78 is 0. The van der Waals surface area contributed by atoms with E-state index < -0.39 is 0 Å². The van der Waals surface area contributed by atoms with E-state index >= 15 is 0 Å². The van der Waals surface area contributed by atoms with Gasteiger partial charge < -0.3 is 5.32 Å². The van der Waals surface area contributed by atoms with E-state index in [-0.39, 0.29) is 12.3 Å². The van der Waals surface area contributed by atoms with Crippen molar-refractivity contribution >= 4 is 34.6 Å². The highest BCUT2D eigenvalue weighted by Crippen LogP contribution is 2.07. The van der Waals surface area contributed by atoms with E-state index in [1.54, 1.807) is 7.05 Å². The van der Waals surface area contributed by atoms with Crippen molar-refractivity contribution in [1.82, 2.24) is 21.2 Å². The summed E-state index contributed by atoms with van der Waals surface area (Å²) in [7, 11) is 1.67. The van der Waals surface area contributed by atoms with Gasteiger partial charge in [0.15, 0.2) is 5.11 Å². The van der Waals surface area contributed by atoms with Crippen LogP contribution in [-0.2, 0) is 11.2 Å². The molecule has 0 unspecified atom stereocenters. The summed E-state index contributed by atoms with van der Waals surface area (Å²) in [6.07, 6.45) is 0.254. The zero-order valence-electron chi connectivity index (χ0n) is 8.46. The average Bonchev–Trinajstić information content (AvgIpc) is 2.60. The Kier molecular flexibility index (Phi) is 4.44. The highest BCUT2D eigenvalue weighted by Gasteiger charge is 2.05. The number of carbonyl (C=O) groups is 1. The highest BCUT2D eigenvalue weighted by atomic mass is 32.1. The van der Waals surface area contributed by atoms with Gasteiger partial charge in [-0.2, -0.15) is 0 Å². The van der Waals surface area contributed by atoms with Gasteiger partial charge in [0, 0.05) is 12.4 Å². The van der Waals surface area contributed by atoms with Gasteiger partial charge in [-0.3, -0.25) is 15.6 Å². The summed E-state index contributed by atoms with van der Waals surface area (Å²) >= 11 is 6.32. The van der Waals surface area contributed by atoms with E-state index in [0.717, 1.165) is 10.7 Å². The van der Waals surface area contributed by atoms with Crippen molar-refractivity contribution in [3.05, 3.63) is 16.1 Å². The van der Waals surface area contributed by atoms with Crippen molar-refractivity contribution < 1.29 is 4.79 Å². The van der Waals surface area contributed by atoms with Crippen molar-refractivity contribution in [2.24, 2.45) is 0 Å². The van der Waals surface area contributed by atoms with E-state index in [2.05, 4.69) is 21.2 Å². The molecular formula is C8H12N4OS2. The quantitative estimate of drug-likeness (QED) is 0.509. The molecule has 1 aromatic rings. The topological polar surface area (TPSA) is 66.0 Å². The molecule has 0 saturated heterocycles. The zero-order chi connectivity index (χ0) is 11.3. The van der Waals surface area contributed by atoms with Crippen LogP contribution in [0.3, 0.4) is 0 Å². The molecule has 0 aliphatic carbocycles. The Bertz CT molecular complexity index is 363. The first kappa shape index (κ1) is 11.9. The third-order valence-corrected chi connectivity index (χ3v) is 2.68. The molecule has 82 valence electrons. The van der Waals surface area contributed by atoms with Crippen LogP contribution in [0.25, 0.3) is 0 Å². The molecular weight excluding hydrogens is 232 g/mol. The van der Waals surface area contributed by atoms with Gasteiger partial charge in [-0.05, 0) is 19.1 Å². The van der Waals surface area contributed by atoms with Crippen molar-refractivity contribution in [3.8, 4) is 0 Å². The van der Waals surface area contributed by atoms with Crippen LogP contribution in [0.15, 0.2) is 5.38 Å². The molecule has 0 bridgehead atoms. The van der Waals surface area contributed by atoms with Crippen molar-refractivity contribution in [1.29, 1.82) is 0 Å². The molecule has 15 heavy (non-hydrogen) atoms. The molecule has 0 aliphatic rings. The third-order valence-electron chi connectivity index (χ3n) is 1.55. The normalized spacial score (nSPS) is 9.47. The van der Waals surface area contributed by atoms with Gasteiger partial charge >= 0.3 is 0 Å². The minimum Gasteiger partial charge on any atom is -0.364 e. The van der Waals surface area contributed by atoms with E-state index in [4.69, 9.17) is 12.2 Å². The van der Waals surface area contributed by atoms with Gasteiger partial charge in [-0.1, -0.05) is 0 Å². The van der Waals surface area contributed by atoms with Gasteiger partial charge in [0.1, 0.15) is 0 Å². The van der Waals surface area contributed by atoms with Gasteiger partial charge in [0.2, 0.25) is 5.91 Å². The number of aryl methyl sites for hydroxylation is 1. The first-order valence-corrected chi connectivity index (χ1v) is 5.58. The molecule has 3 N–H and O–H groups in total. The van der Waals surface area contributed by atoms with E-state index in [9.17, 15) is 4.79 Å². The van der Waals surface area contributed by atoms with Gasteiger partial charge in [-0.25, -0.2) is 4.98 Å². The smallest absolute Gasteiger partial charge is 0.244 e. The summed E-state index contributed by atoms with van der Waals surface area (Å²) in [4.78, 5) is 15.5. The Balaban J connectivity index is 2.33. The molecule has 1 aromatic heterocycles. The first-order valence-electron chi connectivity index (χ1n) is 4.29. The van der Waals surface area contributed by atoms with Crippen LogP contribution in [0, 0.1) is 6.92 Å². The second kappa shape index (κ2) is 5.62. The molecule has 0 aliphatic heterocycles. The number of aromatic nitrogens is 1. The number of hydrogen-bond acceptors (Lipinski definition) is 4. The van der Waals surface area contributed by atoms with Gasteiger partial charge in [0.25, 0.3) is 0 Å². The molecule has 0 radical (unpaired) electrons. The van der Waals surface area contributed by atoms with E-state index in [1.165, 1.54) is 11.3 Å². The molecule has 1 heterocycles. The molecule has 0 atom stereocenters. The van der Waals surface area contributed by atoms with Crippen LogP contribution in [0.2, 0.25) is 0 Å².